The third-order valence-corrected chi connectivity index (χ3v) is 4.61. The van der Waals surface area contributed by atoms with Crippen LogP contribution in [0.4, 0.5) is 5.82 Å². The maximum absolute atomic E-state index is 12.6. The molecule has 3 rings (SSSR count). The number of H-pyrrole nitrogens is 1. The Morgan fingerprint density at radius 3 is 3.00 bits per heavy atom. The lowest BCUT2D eigenvalue weighted by Gasteiger charge is -2.24. The van der Waals surface area contributed by atoms with E-state index >= 15 is 0 Å². The van der Waals surface area contributed by atoms with Gasteiger partial charge in [0, 0.05) is 12.3 Å². The highest BCUT2D eigenvalue weighted by Crippen LogP contribution is 2.37. The summed E-state index contributed by atoms with van der Waals surface area (Å²) in [6.07, 6.45) is 5.32. The predicted octanol–water partition coefficient (Wildman–Crippen LogP) is 1.68. The van der Waals surface area contributed by atoms with E-state index in [0.717, 1.165) is 0 Å². The molecule has 3 N–H and O–H groups in total. The fraction of sp³-hybridized carbons (Fsp3) is 0.235. The molecule has 0 radical (unpaired) electrons. The number of hydrogen-bond acceptors (Lipinski definition) is 6. The molecule has 1 aliphatic heterocycles. The molecule has 0 bridgehead atoms. The number of phenols is 1. The van der Waals surface area contributed by atoms with Crippen molar-refractivity contribution in [1.29, 1.82) is 0 Å². The van der Waals surface area contributed by atoms with E-state index in [0.29, 0.717) is 22.0 Å². The SMILES string of the molecule is C#CCSc1nc2c(c(=O)[nH]1)[C@@H](c1ccc(O)c(OC)c1)CC(=O)N2. The van der Waals surface area contributed by atoms with Gasteiger partial charge in [0.15, 0.2) is 16.7 Å². The fourth-order valence-corrected chi connectivity index (χ4v) is 3.27. The minimum absolute atomic E-state index is 0.0141. The molecule has 1 amide bonds. The van der Waals surface area contributed by atoms with Crippen molar-refractivity contribution in [3.8, 4) is 23.8 Å². The van der Waals surface area contributed by atoms with E-state index in [-0.39, 0.29) is 35.2 Å². The Hall–Kier alpha value is -2.92. The number of phenolic OH excluding ortho intramolecular Hbond substituents is 1. The lowest BCUT2D eigenvalue weighted by Crippen LogP contribution is -2.31. The number of aromatic hydroxyl groups is 1. The third-order valence-electron chi connectivity index (χ3n) is 3.83. The highest BCUT2D eigenvalue weighted by Gasteiger charge is 2.31. The number of amides is 1. The van der Waals surface area contributed by atoms with Gasteiger partial charge in [0.25, 0.3) is 5.56 Å². The highest BCUT2D eigenvalue weighted by molar-refractivity contribution is 7.99. The topological polar surface area (TPSA) is 104 Å². The number of aromatic amines is 1. The van der Waals surface area contributed by atoms with Gasteiger partial charge in [0.2, 0.25) is 5.91 Å². The number of ether oxygens (including phenoxy) is 1. The molecule has 0 saturated carbocycles. The number of rotatable bonds is 4. The first-order valence-corrected chi connectivity index (χ1v) is 8.39. The van der Waals surface area contributed by atoms with E-state index in [2.05, 4.69) is 21.2 Å². The number of carbonyl (C=O) groups is 1. The van der Waals surface area contributed by atoms with Crippen LogP contribution in [0.3, 0.4) is 0 Å². The summed E-state index contributed by atoms with van der Waals surface area (Å²) in [4.78, 5) is 31.6. The second-order valence-corrected chi connectivity index (χ2v) is 6.33. The second kappa shape index (κ2) is 6.91. The van der Waals surface area contributed by atoms with Crippen molar-refractivity contribution in [3.05, 3.63) is 39.7 Å². The van der Waals surface area contributed by atoms with E-state index in [4.69, 9.17) is 11.2 Å². The van der Waals surface area contributed by atoms with Crippen LogP contribution in [-0.4, -0.2) is 33.8 Å². The zero-order valence-electron chi connectivity index (χ0n) is 13.3. The summed E-state index contributed by atoms with van der Waals surface area (Å²) in [5, 5.41) is 12.7. The van der Waals surface area contributed by atoms with Gasteiger partial charge in [-0.1, -0.05) is 23.7 Å². The summed E-state index contributed by atoms with van der Waals surface area (Å²) in [5.41, 5.74) is 0.723. The van der Waals surface area contributed by atoms with Gasteiger partial charge in [0.1, 0.15) is 5.82 Å². The fourth-order valence-electron chi connectivity index (χ4n) is 2.72. The number of hydrogen-bond donors (Lipinski definition) is 3. The van der Waals surface area contributed by atoms with Crippen molar-refractivity contribution in [2.75, 3.05) is 18.2 Å². The molecule has 2 heterocycles. The maximum Gasteiger partial charge on any atom is 0.257 e. The Morgan fingerprint density at radius 1 is 1.48 bits per heavy atom. The molecule has 8 heteroatoms. The molecule has 128 valence electrons. The number of aromatic nitrogens is 2. The van der Waals surface area contributed by atoms with Gasteiger partial charge in [0.05, 0.1) is 18.4 Å². The summed E-state index contributed by atoms with van der Waals surface area (Å²) in [6.45, 7) is 0. The molecule has 0 spiro atoms. The Labute approximate surface area is 147 Å². The molecule has 7 nitrogen and oxygen atoms in total. The van der Waals surface area contributed by atoms with Crippen LogP contribution in [0.25, 0.3) is 0 Å². The normalized spacial score (nSPS) is 15.8. The monoisotopic (exact) mass is 357 g/mol. The summed E-state index contributed by atoms with van der Waals surface area (Å²) in [5.74, 6) is 2.58. The van der Waals surface area contributed by atoms with Crippen LogP contribution in [0.1, 0.15) is 23.5 Å². The molecule has 0 saturated heterocycles. The second-order valence-electron chi connectivity index (χ2n) is 5.36. The minimum Gasteiger partial charge on any atom is -0.504 e. The Morgan fingerprint density at radius 2 is 2.28 bits per heavy atom. The molecule has 25 heavy (non-hydrogen) atoms. The number of carbonyl (C=O) groups excluding carboxylic acids is 1. The van der Waals surface area contributed by atoms with Crippen LogP contribution in [-0.2, 0) is 4.79 Å². The number of thioether (sulfide) groups is 1. The van der Waals surface area contributed by atoms with Crippen LogP contribution < -0.4 is 15.6 Å². The van der Waals surface area contributed by atoms with E-state index in [1.54, 1.807) is 12.1 Å². The lowest BCUT2D eigenvalue weighted by molar-refractivity contribution is -0.116. The van der Waals surface area contributed by atoms with Crippen molar-refractivity contribution in [2.24, 2.45) is 0 Å². The molecule has 1 aromatic carbocycles. The summed E-state index contributed by atoms with van der Waals surface area (Å²) in [6, 6.07) is 4.74. The van der Waals surface area contributed by atoms with Gasteiger partial charge < -0.3 is 20.1 Å². The molecule has 1 aromatic heterocycles. The summed E-state index contributed by atoms with van der Waals surface area (Å²) < 4.78 is 5.11. The molecular formula is C17H15N3O4S. The van der Waals surface area contributed by atoms with Crippen LogP contribution in [0.15, 0.2) is 28.2 Å². The van der Waals surface area contributed by atoms with Gasteiger partial charge >= 0.3 is 0 Å². The first kappa shape index (κ1) is 16.9. The quantitative estimate of drug-likeness (QED) is 0.437. The van der Waals surface area contributed by atoms with E-state index in [9.17, 15) is 14.7 Å². The van der Waals surface area contributed by atoms with Crippen LogP contribution in [0.5, 0.6) is 11.5 Å². The number of methoxy groups -OCH3 is 1. The molecule has 1 aliphatic rings. The zero-order valence-corrected chi connectivity index (χ0v) is 14.1. The van der Waals surface area contributed by atoms with Gasteiger partial charge in [-0.15, -0.1) is 6.42 Å². The van der Waals surface area contributed by atoms with Gasteiger partial charge in [-0.2, -0.15) is 0 Å². The minimum atomic E-state index is -0.485. The summed E-state index contributed by atoms with van der Waals surface area (Å²) >= 11 is 1.21. The number of fused-ring (bicyclic) bond motifs is 1. The average Bonchev–Trinajstić information content (AvgIpc) is 2.59. The number of benzene rings is 1. The number of terminal acetylenes is 1. The molecule has 0 fully saturated rings. The van der Waals surface area contributed by atoms with Crippen molar-refractivity contribution in [1.82, 2.24) is 9.97 Å². The predicted molar refractivity (Wildman–Crippen MR) is 94.2 cm³/mol. The summed E-state index contributed by atoms with van der Waals surface area (Å²) in [7, 11) is 1.43. The molecule has 2 aromatic rings. The van der Waals surface area contributed by atoms with Crippen molar-refractivity contribution >= 4 is 23.5 Å². The Kier molecular flexibility index (Phi) is 4.67. The Balaban J connectivity index is 2.09. The molecular weight excluding hydrogens is 342 g/mol. The highest BCUT2D eigenvalue weighted by atomic mass is 32.2. The van der Waals surface area contributed by atoms with Crippen molar-refractivity contribution in [2.45, 2.75) is 17.5 Å². The molecule has 1 atom stereocenters. The van der Waals surface area contributed by atoms with E-state index in [1.165, 1.54) is 24.9 Å². The van der Waals surface area contributed by atoms with Gasteiger partial charge in [-0.25, -0.2) is 4.98 Å². The first-order valence-electron chi connectivity index (χ1n) is 7.40. The van der Waals surface area contributed by atoms with Crippen molar-refractivity contribution in [3.63, 3.8) is 0 Å². The smallest absolute Gasteiger partial charge is 0.257 e. The number of nitrogens with zero attached hydrogens (tertiary/aromatic N) is 1. The molecule has 0 unspecified atom stereocenters. The third kappa shape index (κ3) is 3.32. The number of nitrogens with one attached hydrogen (secondary N) is 2. The number of anilines is 1. The van der Waals surface area contributed by atoms with Crippen molar-refractivity contribution < 1.29 is 14.6 Å². The average molecular weight is 357 g/mol. The standard InChI is InChI=1S/C17H15N3O4S/c1-3-6-25-17-19-15-14(16(23)20-17)10(8-13(22)18-15)9-4-5-11(21)12(7-9)24-2/h1,4-5,7,10,21H,6,8H2,2H3,(H2,18,19,20,22,23)/t10-/m1/s1. The lowest BCUT2D eigenvalue weighted by atomic mass is 9.86. The van der Waals surface area contributed by atoms with E-state index < -0.39 is 5.92 Å². The van der Waals surface area contributed by atoms with E-state index in [1.807, 2.05) is 0 Å². The first-order chi connectivity index (χ1) is 12.0. The molecule has 0 aliphatic carbocycles. The van der Waals surface area contributed by atoms with Gasteiger partial charge in [-0.05, 0) is 17.7 Å². The van der Waals surface area contributed by atoms with Crippen LogP contribution in [0, 0.1) is 12.3 Å². The van der Waals surface area contributed by atoms with Crippen LogP contribution in [0.2, 0.25) is 0 Å². The largest absolute Gasteiger partial charge is 0.504 e. The Bertz CT molecular complexity index is 932. The van der Waals surface area contributed by atoms with Crippen LogP contribution >= 0.6 is 11.8 Å². The maximum atomic E-state index is 12.6. The zero-order chi connectivity index (χ0) is 18.0. The van der Waals surface area contributed by atoms with Gasteiger partial charge in [-0.3, -0.25) is 9.59 Å².